The van der Waals surface area contributed by atoms with Crippen LogP contribution in [-0.4, -0.2) is 26.4 Å². The smallest absolute Gasteiger partial charge is 0.372 e. The Labute approximate surface area is 91.3 Å². The summed E-state index contributed by atoms with van der Waals surface area (Å²) >= 11 is 0. The van der Waals surface area contributed by atoms with Crippen molar-refractivity contribution in [3.05, 3.63) is 29.6 Å². The molecule has 82 valence electrons. The van der Waals surface area contributed by atoms with Crippen LogP contribution in [0.5, 0.6) is 0 Å². The number of carbonyl (C=O) groups excluding carboxylic acids is 1. The molecule has 16 heavy (non-hydrogen) atoms. The van der Waals surface area contributed by atoms with Gasteiger partial charge in [0.25, 0.3) is 0 Å². The Bertz CT molecular complexity index is 599. The van der Waals surface area contributed by atoms with Gasteiger partial charge in [0.05, 0.1) is 11.0 Å². The monoisotopic (exact) mass is 218 g/mol. The molecule has 0 atom stereocenters. The summed E-state index contributed by atoms with van der Waals surface area (Å²) in [5, 5.41) is 8.89. The second-order valence-electron chi connectivity index (χ2n) is 3.56. The van der Waals surface area contributed by atoms with E-state index in [1.54, 1.807) is 25.2 Å². The highest BCUT2D eigenvalue weighted by Crippen LogP contribution is 2.17. The molecule has 0 radical (unpaired) electrons. The fraction of sp³-hybridized carbons (Fsp3) is 0.182. The van der Waals surface area contributed by atoms with Crippen LogP contribution in [0.1, 0.15) is 27.9 Å². The fourth-order valence-corrected chi connectivity index (χ4v) is 1.61. The number of aryl methyl sites for hydroxylation is 1. The van der Waals surface area contributed by atoms with Gasteiger partial charge in [0.1, 0.15) is 0 Å². The third-order valence-electron chi connectivity index (χ3n) is 2.48. The van der Waals surface area contributed by atoms with Gasteiger partial charge in [-0.05, 0) is 25.1 Å². The molecule has 0 unspecified atom stereocenters. The molecular formula is C11H10N2O3. The third kappa shape index (κ3) is 1.46. The predicted octanol–water partition coefficient (Wildman–Crippen LogP) is 1.47. The van der Waals surface area contributed by atoms with E-state index in [-0.39, 0.29) is 11.6 Å². The highest BCUT2D eigenvalue weighted by atomic mass is 16.4. The molecule has 0 aliphatic carbocycles. The molecule has 0 amide bonds. The van der Waals surface area contributed by atoms with Crippen LogP contribution in [0.25, 0.3) is 11.0 Å². The van der Waals surface area contributed by atoms with Crippen LogP contribution in [-0.2, 0) is 7.05 Å². The van der Waals surface area contributed by atoms with Gasteiger partial charge < -0.3 is 9.67 Å². The van der Waals surface area contributed by atoms with E-state index in [2.05, 4.69) is 4.98 Å². The molecule has 1 heterocycles. The lowest BCUT2D eigenvalue weighted by atomic mass is 10.1. The van der Waals surface area contributed by atoms with Crippen molar-refractivity contribution in [1.82, 2.24) is 9.55 Å². The van der Waals surface area contributed by atoms with Gasteiger partial charge in [0.2, 0.25) is 5.82 Å². The SMILES string of the molecule is CC(=O)c1ccc2c(c1)nc(C(=O)O)n2C. The molecule has 5 heteroatoms. The van der Waals surface area contributed by atoms with Crippen LogP contribution in [0, 0.1) is 0 Å². The lowest BCUT2D eigenvalue weighted by molar-refractivity contribution is 0.0680. The lowest BCUT2D eigenvalue weighted by Gasteiger charge is -1.97. The topological polar surface area (TPSA) is 72.2 Å². The fourth-order valence-electron chi connectivity index (χ4n) is 1.61. The Morgan fingerprint density at radius 3 is 2.62 bits per heavy atom. The maximum Gasteiger partial charge on any atom is 0.372 e. The third-order valence-corrected chi connectivity index (χ3v) is 2.48. The molecule has 0 aliphatic rings. The van der Waals surface area contributed by atoms with Gasteiger partial charge in [-0.2, -0.15) is 0 Å². The first-order chi connectivity index (χ1) is 7.50. The minimum atomic E-state index is -1.08. The number of carbonyl (C=O) groups is 2. The van der Waals surface area contributed by atoms with Crippen molar-refractivity contribution in [3.8, 4) is 0 Å². The minimum absolute atomic E-state index is 0.0318. The summed E-state index contributed by atoms with van der Waals surface area (Å²) in [5.74, 6) is -1.18. The van der Waals surface area contributed by atoms with Gasteiger partial charge in [-0.3, -0.25) is 4.79 Å². The zero-order valence-corrected chi connectivity index (χ0v) is 8.89. The number of imidazole rings is 1. The number of benzene rings is 1. The standard InChI is InChI=1S/C11H10N2O3/c1-6(14)7-3-4-9-8(5-7)12-10(11(15)16)13(9)2/h3-5H,1-2H3,(H,15,16). The molecule has 1 aromatic carbocycles. The molecule has 2 aromatic rings. The maximum absolute atomic E-state index is 11.2. The van der Waals surface area contributed by atoms with Crippen molar-refractivity contribution < 1.29 is 14.7 Å². The summed E-state index contributed by atoms with van der Waals surface area (Å²) < 4.78 is 1.49. The average molecular weight is 218 g/mol. The molecule has 2 rings (SSSR count). The molecule has 1 aromatic heterocycles. The number of carboxylic acid groups (broad SMARTS) is 1. The maximum atomic E-state index is 11.2. The van der Waals surface area contributed by atoms with Crippen LogP contribution < -0.4 is 0 Å². The highest BCUT2D eigenvalue weighted by Gasteiger charge is 2.14. The van der Waals surface area contributed by atoms with E-state index in [9.17, 15) is 9.59 Å². The largest absolute Gasteiger partial charge is 0.475 e. The van der Waals surface area contributed by atoms with Crippen molar-refractivity contribution in [2.75, 3.05) is 0 Å². The van der Waals surface area contributed by atoms with E-state index >= 15 is 0 Å². The first-order valence-corrected chi connectivity index (χ1v) is 4.71. The number of aromatic carboxylic acids is 1. The van der Waals surface area contributed by atoms with Gasteiger partial charge in [-0.1, -0.05) is 0 Å². The van der Waals surface area contributed by atoms with Crippen molar-refractivity contribution >= 4 is 22.8 Å². The van der Waals surface area contributed by atoms with Crippen LogP contribution in [0.3, 0.4) is 0 Å². The lowest BCUT2D eigenvalue weighted by Crippen LogP contribution is -2.05. The Morgan fingerprint density at radius 1 is 1.38 bits per heavy atom. The number of rotatable bonds is 2. The van der Waals surface area contributed by atoms with Crippen LogP contribution in [0.15, 0.2) is 18.2 Å². The quantitative estimate of drug-likeness (QED) is 0.775. The van der Waals surface area contributed by atoms with E-state index < -0.39 is 5.97 Å². The number of hydrogen-bond donors (Lipinski definition) is 1. The number of nitrogens with zero attached hydrogens (tertiary/aromatic N) is 2. The Kier molecular flexibility index (Phi) is 2.23. The Morgan fingerprint density at radius 2 is 2.06 bits per heavy atom. The summed E-state index contributed by atoms with van der Waals surface area (Å²) in [6, 6.07) is 4.97. The Balaban J connectivity index is 2.72. The first-order valence-electron chi connectivity index (χ1n) is 4.71. The van der Waals surface area contributed by atoms with E-state index in [4.69, 9.17) is 5.11 Å². The van der Waals surface area contributed by atoms with Gasteiger partial charge in [-0.25, -0.2) is 9.78 Å². The van der Waals surface area contributed by atoms with Gasteiger partial charge in [0.15, 0.2) is 5.78 Å². The second kappa shape index (κ2) is 3.44. The number of fused-ring (bicyclic) bond motifs is 1. The number of hydrogen-bond acceptors (Lipinski definition) is 3. The summed E-state index contributed by atoms with van der Waals surface area (Å²) in [7, 11) is 1.63. The molecule has 0 saturated heterocycles. The Hall–Kier alpha value is -2.17. The van der Waals surface area contributed by atoms with Crippen LogP contribution in [0.2, 0.25) is 0 Å². The summed E-state index contributed by atoms with van der Waals surface area (Å²) in [5.41, 5.74) is 1.75. The molecular weight excluding hydrogens is 208 g/mol. The normalized spacial score (nSPS) is 10.6. The van der Waals surface area contributed by atoms with E-state index in [1.165, 1.54) is 11.5 Å². The second-order valence-corrected chi connectivity index (χ2v) is 3.56. The van der Waals surface area contributed by atoms with Crippen molar-refractivity contribution in [3.63, 3.8) is 0 Å². The molecule has 1 N–H and O–H groups in total. The molecule has 0 bridgehead atoms. The van der Waals surface area contributed by atoms with Gasteiger partial charge >= 0.3 is 5.97 Å². The highest BCUT2D eigenvalue weighted by molar-refractivity contribution is 5.98. The molecule has 0 spiro atoms. The molecule has 0 aliphatic heterocycles. The van der Waals surface area contributed by atoms with Gasteiger partial charge in [0, 0.05) is 12.6 Å². The number of carboxylic acids is 1. The molecule has 0 saturated carbocycles. The average Bonchev–Trinajstić information content (AvgIpc) is 2.55. The summed E-state index contributed by atoms with van der Waals surface area (Å²) in [6.07, 6.45) is 0. The molecule has 5 nitrogen and oxygen atoms in total. The van der Waals surface area contributed by atoms with Crippen molar-refractivity contribution in [2.45, 2.75) is 6.92 Å². The zero-order chi connectivity index (χ0) is 11.9. The van der Waals surface area contributed by atoms with Crippen LogP contribution >= 0.6 is 0 Å². The number of Topliss-reactive ketones (excluding diaryl/α,β-unsaturated/α-hetero) is 1. The summed E-state index contributed by atoms with van der Waals surface area (Å²) in [4.78, 5) is 26.0. The van der Waals surface area contributed by atoms with E-state index in [0.717, 1.165) is 0 Å². The van der Waals surface area contributed by atoms with E-state index in [1.807, 2.05) is 0 Å². The molecule has 0 fully saturated rings. The number of ketones is 1. The predicted molar refractivity (Wildman–Crippen MR) is 57.7 cm³/mol. The number of aromatic nitrogens is 2. The zero-order valence-electron chi connectivity index (χ0n) is 8.89. The van der Waals surface area contributed by atoms with Gasteiger partial charge in [-0.15, -0.1) is 0 Å². The van der Waals surface area contributed by atoms with Crippen molar-refractivity contribution in [2.24, 2.45) is 7.05 Å². The minimum Gasteiger partial charge on any atom is -0.475 e. The first kappa shape index (κ1) is 10.4. The van der Waals surface area contributed by atoms with Crippen molar-refractivity contribution in [1.29, 1.82) is 0 Å². The summed E-state index contributed by atoms with van der Waals surface area (Å²) in [6.45, 7) is 1.46. The van der Waals surface area contributed by atoms with E-state index in [0.29, 0.717) is 16.6 Å². The van der Waals surface area contributed by atoms with Crippen LogP contribution in [0.4, 0.5) is 0 Å².